The van der Waals surface area contributed by atoms with E-state index in [0.717, 1.165) is 11.8 Å². The first-order chi connectivity index (χ1) is 9.63. The van der Waals surface area contributed by atoms with Gasteiger partial charge in [-0.2, -0.15) is 26.3 Å². The summed E-state index contributed by atoms with van der Waals surface area (Å²) in [7, 11) is -3.14. The van der Waals surface area contributed by atoms with Gasteiger partial charge in [0, 0.05) is 5.69 Å². The van der Waals surface area contributed by atoms with E-state index < -0.39 is 28.3 Å². The molecule has 1 N–H and O–H groups in total. The molecule has 0 aromatic heterocycles. The van der Waals surface area contributed by atoms with Crippen molar-refractivity contribution in [1.29, 1.82) is 0 Å². The number of benzene rings is 1. The number of sulfonamides is 1. The zero-order valence-corrected chi connectivity index (χ0v) is 12.7. The minimum absolute atomic E-state index is 0.0833. The van der Waals surface area contributed by atoms with Crippen molar-refractivity contribution in [3.05, 3.63) is 29.8 Å². The largest absolute Gasteiger partial charge is 0.400 e. The summed E-state index contributed by atoms with van der Waals surface area (Å²) in [5.74, 6) is -3.24. The van der Waals surface area contributed by atoms with Gasteiger partial charge in [0.05, 0.1) is 6.26 Å². The van der Waals surface area contributed by atoms with E-state index in [1.54, 1.807) is 12.1 Å². The molecule has 0 aliphatic carbocycles. The maximum Gasteiger partial charge on any atom is 0.400 e. The first kappa shape index (κ1) is 20.6. The zero-order valence-electron chi connectivity index (χ0n) is 11.9. The molecule has 1 rings (SSSR count). The summed E-state index contributed by atoms with van der Waals surface area (Å²) < 4.78 is 91.3. The van der Waals surface area contributed by atoms with Crippen molar-refractivity contribution in [2.24, 2.45) is 5.92 Å². The molecule has 0 bridgehead atoms. The van der Waals surface area contributed by atoms with Gasteiger partial charge in [0.25, 0.3) is 0 Å². The number of halogens is 6. The Labute approximate surface area is 124 Å². The number of nitrogens with one attached hydrogen (secondary N) is 1. The summed E-state index contributed by atoms with van der Waals surface area (Å²) in [4.78, 5) is 0. The molecule has 1 aromatic carbocycles. The smallest absolute Gasteiger partial charge is 0.284 e. The Hall–Kier alpha value is -1.45. The molecule has 0 heterocycles. The summed E-state index contributed by atoms with van der Waals surface area (Å²) in [6.45, 7) is 2.03. The van der Waals surface area contributed by atoms with E-state index in [-0.39, 0.29) is 6.92 Å². The molecule has 0 amide bonds. The molecule has 22 heavy (non-hydrogen) atoms. The fraction of sp³-hybridized carbons (Fsp3) is 0.500. The van der Waals surface area contributed by atoms with Gasteiger partial charge < -0.3 is 0 Å². The first-order valence-corrected chi connectivity index (χ1v) is 7.70. The van der Waals surface area contributed by atoms with Crippen molar-refractivity contribution in [2.75, 3.05) is 11.0 Å². The minimum atomic E-state index is -5.18. The lowest BCUT2D eigenvalue weighted by Gasteiger charge is -2.17. The summed E-state index contributed by atoms with van der Waals surface area (Å²) >= 11 is 0. The van der Waals surface area contributed by atoms with Crippen LogP contribution in [0.25, 0.3) is 0 Å². The fourth-order valence-corrected chi connectivity index (χ4v) is 1.59. The maximum atomic E-state index is 11.2. The van der Waals surface area contributed by atoms with Crippen LogP contribution < -0.4 is 4.72 Å². The lowest BCUT2D eigenvalue weighted by atomic mass is 10.2. The van der Waals surface area contributed by atoms with E-state index in [4.69, 9.17) is 0 Å². The molecular weight excluding hydrogens is 336 g/mol. The second-order valence-corrected chi connectivity index (χ2v) is 6.29. The summed E-state index contributed by atoms with van der Waals surface area (Å²) in [5, 5.41) is 0. The van der Waals surface area contributed by atoms with E-state index in [9.17, 15) is 34.8 Å². The normalized spacial score (nSPS) is 12.6. The second kappa shape index (κ2) is 7.21. The highest BCUT2D eigenvalue weighted by Gasteiger charge is 2.53. The van der Waals surface area contributed by atoms with Crippen LogP contribution >= 0.6 is 0 Å². The van der Waals surface area contributed by atoms with E-state index in [0.29, 0.717) is 5.69 Å². The van der Waals surface area contributed by atoms with Crippen molar-refractivity contribution < 1.29 is 34.8 Å². The van der Waals surface area contributed by atoms with Gasteiger partial charge >= 0.3 is 12.4 Å². The monoisotopic (exact) mass is 351 g/mol. The molecule has 0 aliphatic heterocycles. The summed E-state index contributed by atoms with van der Waals surface area (Å²) in [5.41, 5.74) is 1.71. The Morgan fingerprint density at radius 3 is 1.55 bits per heavy atom. The van der Waals surface area contributed by atoms with Gasteiger partial charge in [-0.15, -0.1) is 0 Å². The molecule has 0 fully saturated rings. The Morgan fingerprint density at radius 2 is 1.32 bits per heavy atom. The van der Waals surface area contributed by atoms with Crippen LogP contribution in [-0.2, 0) is 10.0 Å². The van der Waals surface area contributed by atoms with Crippen LogP contribution in [-0.4, -0.2) is 27.0 Å². The van der Waals surface area contributed by atoms with Gasteiger partial charge in [0.1, 0.15) is 5.92 Å². The molecule has 128 valence electrons. The molecule has 0 unspecified atom stereocenters. The average Bonchev–Trinajstić information content (AvgIpc) is 2.28. The van der Waals surface area contributed by atoms with Gasteiger partial charge in [0.15, 0.2) is 0 Å². The fourth-order valence-electron chi connectivity index (χ4n) is 1.02. The maximum absolute atomic E-state index is 11.2. The topological polar surface area (TPSA) is 46.2 Å². The number of rotatable bonds is 2. The van der Waals surface area contributed by atoms with Crippen molar-refractivity contribution in [3.8, 4) is 0 Å². The quantitative estimate of drug-likeness (QED) is 0.815. The van der Waals surface area contributed by atoms with Crippen LogP contribution in [0, 0.1) is 12.8 Å². The molecule has 0 aliphatic rings. The van der Waals surface area contributed by atoms with Crippen LogP contribution in [0.15, 0.2) is 24.3 Å². The molecule has 0 atom stereocenters. The Bertz CT molecular complexity index is 549. The average molecular weight is 351 g/mol. The molecule has 0 spiro atoms. The lowest BCUT2D eigenvalue weighted by Crippen LogP contribution is -2.33. The summed E-state index contributed by atoms with van der Waals surface area (Å²) in [6.07, 6.45) is -9.23. The number of alkyl halides is 6. The van der Waals surface area contributed by atoms with Gasteiger partial charge in [0.2, 0.25) is 10.0 Å². The standard InChI is InChI=1S/C8H11NO2S.C4H4F6/c1-7-3-5-8(6-4-7)9-12(2,10)11;1-2(3(5,6)7)4(8,9)10/h3-6,9H,1-2H3;2H,1H3. The number of anilines is 1. The van der Waals surface area contributed by atoms with E-state index in [2.05, 4.69) is 4.72 Å². The first-order valence-electron chi connectivity index (χ1n) is 5.81. The Morgan fingerprint density at radius 1 is 0.955 bits per heavy atom. The zero-order chi connectivity index (χ0) is 17.8. The van der Waals surface area contributed by atoms with E-state index >= 15 is 0 Å². The molecule has 0 saturated heterocycles. The second-order valence-electron chi connectivity index (χ2n) is 4.55. The van der Waals surface area contributed by atoms with Gasteiger partial charge in [-0.25, -0.2) is 8.42 Å². The van der Waals surface area contributed by atoms with Gasteiger partial charge in [-0.3, -0.25) is 4.72 Å². The Balaban J connectivity index is 0.000000409. The van der Waals surface area contributed by atoms with Crippen LogP contribution in [0.1, 0.15) is 12.5 Å². The van der Waals surface area contributed by atoms with E-state index in [1.807, 2.05) is 19.1 Å². The molecular formula is C12H15F6NO2S. The van der Waals surface area contributed by atoms with Crippen LogP contribution in [0.5, 0.6) is 0 Å². The molecule has 10 heteroatoms. The minimum Gasteiger partial charge on any atom is -0.284 e. The third kappa shape index (κ3) is 8.75. The lowest BCUT2D eigenvalue weighted by molar-refractivity contribution is -0.278. The highest BCUT2D eigenvalue weighted by atomic mass is 32.2. The molecule has 0 saturated carbocycles. The predicted octanol–water partition coefficient (Wildman–Crippen LogP) is 4.11. The highest BCUT2D eigenvalue weighted by Crippen LogP contribution is 2.38. The molecule has 3 nitrogen and oxygen atoms in total. The van der Waals surface area contributed by atoms with Gasteiger partial charge in [-0.1, -0.05) is 17.7 Å². The Kier molecular flexibility index (Phi) is 6.73. The van der Waals surface area contributed by atoms with Crippen molar-refractivity contribution in [2.45, 2.75) is 26.2 Å². The van der Waals surface area contributed by atoms with Crippen LogP contribution in [0.2, 0.25) is 0 Å². The third-order valence-corrected chi connectivity index (χ3v) is 2.94. The molecule has 1 aromatic rings. The SMILES string of the molecule is CC(C(F)(F)F)C(F)(F)F.Cc1ccc(NS(C)(=O)=O)cc1. The number of hydrogen-bond donors (Lipinski definition) is 1. The number of aryl methyl sites for hydroxylation is 1. The van der Waals surface area contributed by atoms with Crippen LogP contribution in [0.3, 0.4) is 0 Å². The highest BCUT2D eigenvalue weighted by molar-refractivity contribution is 7.92. The van der Waals surface area contributed by atoms with Crippen LogP contribution in [0.4, 0.5) is 32.0 Å². The third-order valence-electron chi connectivity index (χ3n) is 2.34. The molecule has 0 radical (unpaired) electrons. The number of hydrogen-bond acceptors (Lipinski definition) is 2. The predicted molar refractivity (Wildman–Crippen MR) is 70.9 cm³/mol. The van der Waals surface area contributed by atoms with Crippen molar-refractivity contribution >= 4 is 15.7 Å². The van der Waals surface area contributed by atoms with E-state index in [1.165, 1.54) is 0 Å². The van der Waals surface area contributed by atoms with Crippen molar-refractivity contribution in [1.82, 2.24) is 0 Å². The van der Waals surface area contributed by atoms with Gasteiger partial charge in [-0.05, 0) is 26.0 Å². The van der Waals surface area contributed by atoms with Crippen molar-refractivity contribution in [3.63, 3.8) is 0 Å². The summed E-state index contributed by atoms with van der Waals surface area (Å²) in [6, 6.07) is 7.17.